The SMILES string of the molecule is CC(C)(N)C(=O)OCc1ccccc1C(=O)n1cc(NC(=O)Nc2ccc(C(F)(F)F)cc2)c2cc(F)ccc21. The van der Waals surface area contributed by atoms with Crippen molar-refractivity contribution in [3.8, 4) is 0 Å². The number of ether oxygens (including phenoxy) is 1. The summed E-state index contributed by atoms with van der Waals surface area (Å²) in [7, 11) is 0. The number of rotatable bonds is 6. The van der Waals surface area contributed by atoms with Crippen LogP contribution >= 0.6 is 0 Å². The van der Waals surface area contributed by atoms with Crippen LogP contribution in [0, 0.1) is 5.82 Å². The van der Waals surface area contributed by atoms with Gasteiger partial charge in [0.25, 0.3) is 5.91 Å². The Morgan fingerprint density at radius 1 is 0.950 bits per heavy atom. The Balaban J connectivity index is 1.61. The number of carbonyl (C=O) groups is 3. The summed E-state index contributed by atoms with van der Waals surface area (Å²) in [6.07, 6.45) is -3.23. The molecule has 0 aliphatic heterocycles. The highest BCUT2D eigenvalue weighted by atomic mass is 19.4. The molecule has 3 aromatic carbocycles. The van der Waals surface area contributed by atoms with Crippen molar-refractivity contribution >= 4 is 40.2 Å². The molecular formula is C28H24F4N4O4. The predicted molar refractivity (Wildman–Crippen MR) is 140 cm³/mol. The van der Waals surface area contributed by atoms with E-state index in [1.165, 1.54) is 36.7 Å². The van der Waals surface area contributed by atoms with E-state index in [1.807, 2.05) is 0 Å². The Hall–Kier alpha value is -4.71. The minimum Gasteiger partial charge on any atom is -0.459 e. The van der Waals surface area contributed by atoms with Crippen LogP contribution in [0.25, 0.3) is 10.9 Å². The molecule has 1 aromatic heterocycles. The van der Waals surface area contributed by atoms with Crippen molar-refractivity contribution in [3.05, 3.63) is 95.4 Å². The molecule has 4 N–H and O–H groups in total. The number of carbonyl (C=O) groups excluding carboxylic acids is 3. The largest absolute Gasteiger partial charge is 0.459 e. The maximum atomic E-state index is 14.1. The third kappa shape index (κ3) is 6.29. The molecular weight excluding hydrogens is 532 g/mol. The average Bonchev–Trinajstić information content (AvgIpc) is 3.23. The van der Waals surface area contributed by atoms with Gasteiger partial charge in [0.15, 0.2) is 0 Å². The van der Waals surface area contributed by atoms with Gasteiger partial charge in [0.1, 0.15) is 18.0 Å². The molecule has 2 amide bonds. The number of hydrogen-bond acceptors (Lipinski definition) is 5. The van der Waals surface area contributed by atoms with Gasteiger partial charge in [0.2, 0.25) is 0 Å². The lowest BCUT2D eigenvalue weighted by molar-refractivity contribution is -0.150. The molecule has 0 radical (unpaired) electrons. The van der Waals surface area contributed by atoms with E-state index in [0.29, 0.717) is 5.56 Å². The first-order chi connectivity index (χ1) is 18.7. The molecule has 1 heterocycles. The maximum Gasteiger partial charge on any atom is 0.416 e. The highest BCUT2D eigenvalue weighted by Gasteiger charge is 2.30. The van der Waals surface area contributed by atoms with Crippen LogP contribution in [-0.4, -0.2) is 28.0 Å². The summed E-state index contributed by atoms with van der Waals surface area (Å²) in [6.45, 7) is 2.75. The topological polar surface area (TPSA) is 115 Å². The maximum absolute atomic E-state index is 14.1. The highest BCUT2D eigenvalue weighted by Crippen LogP contribution is 2.31. The molecule has 0 fully saturated rings. The fourth-order valence-corrected chi connectivity index (χ4v) is 3.81. The minimum atomic E-state index is -4.53. The van der Waals surface area contributed by atoms with Crippen LogP contribution in [0.2, 0.25) is 0 Å². The van der Waals surface area contributed by atoms with Gasteiger partial charge in [-0.1, -0.05) is 18.2 Å². The second-order valence-corrected chi connectivity index (χ2v) is 9.49. The zero-order valence-electron chi connectivity index (χ0n) is 21.3. The van der Waals surface area contributed by atoms with Crippen LogP contribution in [0.5, 0.6) is 0 Å². The number of amides is 2. The predicted octanol–water partition coefficient (Wildman–Crippen LogP) is 5.91. The lowest BCUT2D eigenvalue weighted by Crippen LogP contribution is -2.42. The van der Waals surface area contributed by atoms with E-state index in [0.717, 1.165) is 36.4 Å². The molecule has 208 valence electrons. The molecule has 0 atom stereocenters. The van der Waals surface area contributed by atoms with Gasteiger partial charge >= 0.3 is 18.2 Å². The summed E-state index contributed by atoms with van der Waals surface area (Å²) < 4.78 is 59.0. The normalized spacial score (nSPS) is 11.8. The van der Waals surface area contributed by atoms with E-state index in [1.54, 1.807) is 18.2 Å². The number of halogens is 4. The number of fused-ring (bicyclic) bond motifs is 1. The highest BCUT2D eigenvalue weighted by molar-refractivity contribution is 6.10. The standard InChI is InChI=1S/C28H24F4N4O4/c1-27(2,33)25(38)40-15-16-5-3-4-6-20(16)24(37)36-14-22(21-13-18(29)9-12-23(21)36)35-26(39)34-19-10-7-17(8-11-19)28(30,31)32/h3-14H,15,33H2,1-2H3,(H2,34,35,39). The van der Waals surface area contributed by atoms with E-state index in [-0.39, 0.29) is 34.4 Å². The number of alkyl halides is 3. The van der Waals surface area contributed by atoms with E-state index >= 15 is 0 Å². The van der Waals surface area contributed by atoms with Crippen molar-refractivity contribution in [2.24, 2.45) is 5.73 Å². The summed E-state index contributed by atoms with van der Waals surface area (Å²) in [5, 5.41) is 5.11. The summed E-state index contributed by atoms with van der Waals surface area (Å²) in [5.74, 6) is -1.84. The molecule has 0 spiro atoms. The summed E-state index contributed by atoms with van der Waals surface area (Å²) in [4.78, 5) is 38.4. The number of nitrogens with one attached hydrogen (secondary N) is 2. The fourth-order valence-electron chi connectivity index (χ4n) is 3.81. The van der Waals surface area contributed by atoms with Gasteiger partial charge in [-0.2, -0.15) is 13.2 Å². The molecule has 0 aliphatic rings. The zero-order chi connectivity index (χ0) is 29.2. The average molecular weight is 557 g/mol. The summed E-state index contributed by atoms with van der Waals surface area (Å²) in [5.41, 5.74) is 4.65. The molecule has 0 saturated heterocycles. The van der Waals surface area contributed by atoms with Gasteiger partial charge in [0.05, 0.1) is 16.8 Å². The lowest BCUT2D eigenvalue weighted by atomic mass is 10.1. The van der Waals surface area contributed by atoms with Crippen molar-refractivity contribution in [3.63, 3.8) is 0 Å². The minimum absolute atomic E-state index is 0.0704. The Labute approximate surface area is 225 Å². The second kappa shape index (κ2) is 10.8. The molecule has 40 heavy (non-hydrogen) atoms. The Kier molecular flexibility index (Phi) is 7.65. The molecule has 0 aliphatic carbocycles. The number of hydrogen-bond donors (Lipinski definition) is 3. The van der Waals surface area contributed by atoms with Crippen molar-refractivity contribution in [1.29, 1.82) is 0 Å². The molecule has 4 aromatic rings. The number of nitrogens with zero attached hydrogens (tertiary/aromatic N) is 1. The van der Waals surface area contributed by atoms with Crippen molar-refractivity contribution < 1.29 is 36.7 Å². The lowest BCUT2D eigenvalue weighted by Gasteiger charge is -2.17. The summed E-state index contributed by atoms with van der Waals surface area (Å²) in [6, 6.07) is 13.0. The third-order valence-electron chi connectivity index (χ3n) is 5.84. The van der Waals surface area contributed by atoms with Gasteiger partial charge in [-0.25, -0.2) is 9.18 Å². The van der Waals surface area contributed by atoms with Crippen LogP contribution in [0.1, 0.15) is 35.3 Å². The number of aromatic nitrogens is 1. The second-order valence-electron chi connectivity index (χ2n) is 9.49. The van der Waals surface area contributed by atoms with Crippen molar-refractivity contribution in [2.45, 2.75) is 32.2 Å². The zero-order valence-corrected chi connectivity index (χ0v) is 21.3. The van der Waals surface area contributed by atoms with Crippen LogP contribution in [0.15, 0.2) is 72.9 Å². The van der Waals surface area contributed by atoms with Crippen molar-refractivity contribution in [2.75, 3.05) is 10.6 Å². The quantitative estimate of drug-likeness (QED) is 0.202. The number of nitrogens with two attached hydrogens (primary N) is 1. The van der Waals surface area contributed by atoms with E-state index < -0.39 is 41.0 Å². The monoisotopic (exact) mass is 556 g/mol. The number of anilines is 2. The number of urea groups is 1. The third-order valence-corrected chi connectivity index (χ3v) is 5.84. The van der Waals surface area contributed by atoms with Gasteiger partial charge in [0, 0.05) is 28.4 Å². The van der Waals surface area contributed by atoms with E-state index in [9.17, 15) is 31.9 Å². The number of benzene rings is 3. The van der Waals surface area contributed by atoms with Gasteiger partial charge in [-0.3, -0.25) is 14.2 Å². The van der Waals surface area contributed by atoms with E-state index in [4.69, 9.17) is 10.5 Å². The van der Waals surface area contributed by atoms with E-state index in [2.05, 4.69) is 10.6 Å². The van der Waals surface area contributed by atoms with Gasteiger partial charge in [-0.15, -0.1) is 0 Å². The van der Waals surface area contributed by atoms with Crippen LogP contribution in [0.4, 0.5) is 33.7 Å². The molecule has 0 saturated carbocycles. The Morgan fingerprint density at radius 3 is 2.27 bits per heavy atom. The molecule has 0 unspecified atom stereocenters. The Morgan fingerprint density at radius 2 is 1.62 bits per heavy atom. The fraction of sp³-hybridized carbons (Fsp3) is 0.179. The van der Waals surface area contributed by atoms with Crippen LogP contribution < -0.4 is 16.4 Å². The smallest absolute Gasteiger partial charge is 0.416 e. The van der Waals surface area contributed by atoms with Crippen molar-refractivity contribution in [1.82, 2.24) is 4.57 Å². The van der Waals surface area contributed by atoms with Gasteiger partial charge < -0.3 is 21.1 Å². The first kappa shape index (κ1) is 28.3. The molecule has 12 heteroatoms. The summed E-state index contributed by atoms with van der Waals surface area (Å²) >= 11 is 0. The van der Waals surface area contributed by atoms with Crippen LogP contribution in [0.3, 0.4) is 0 Å². The first-order valence-electron chi connectivity index (χ1n) is 11.9. The number of esters is 1. The Bertz CT molecular complexity index is 1590. The van der Waals surface area contributed by atoms with Crippen LogP contribution in [-0.2, 0) is 22.3 Å². The van der Waals surface area contributed by atoms with Gasteiger partial charge in [-0.05, 0) is 62.4 Å². The first-order valence-corrected chi connectivity index (χ1v) is 11.9. The molecule has 0 bridgehead atoms. The molecule has 4 rings (SSSR count). The molecule has 8 nitrogen and oxygen atoms in total.